The van der Waals surface area contributed by atoms with Gasteiger partial charge in [0.1, 0.15) is 17.3 Å². The SMILES string of the molecule is CC(C)c1c(Cl)ncnc1N1CCc2ccccc2CC1. The fraction of sp³-hybridized carbons (Fsp3) is 0.412. The van der Waals surface area contributed by atoms with Gasteiger partial charge in [-0.2, -0.15) is 0 Å². The minimum Gasteiger partial charge on any atom is -0.356 e. The van der Waals surface area contributed by atoms with Gasteiger partial charge in [0.25, 0.3) is 0 Å². The highest BCUT2D eigenvalue weighted by molar-refractivity contribution is 6.30. The third-order valence-corrected chi connectivity index (χ3v) is 4.41. The number of fused-ring (bicyclic) bond motifs is 1. The van der Waals surface area contributed by atoms with E-state index in [4.69, 9.17) is 11.6 Å². The number of aromatic nitrogens is 2. The Morgan fingerprint density at radius 2 is 1.67 bits per heavy atom. The maximum absolute atomic E-state index is 6.30. The van der Waals surface area contributed by atoms with Gasteiger partial charge < -0.3 is 4.90 Å². The molecule has 1 aliphatic rings. The van der Waals surface area contributed by atoms with Crippen LogP contribution >= 0.6 is 11.6 Å². The molecule has 1 aliphatic heterocycles. The predicted molar refractivity (Wildman–Crippen MR) is 87.2 cm³/mol. The first-order valence-corrected chi connectivity index (χ1v) is 7.86. The highest BCUT2D eigenvalue weighted by Gasteiger charge is 2.21. The molecule has 0 bridgehead atoms. The van der Waals surface area contributed by atoms with E-state index in [1.165, 1.54) is 11.1 Å². The van der Waals surface area contributed by atoms with E-state index < -0.39 is 0 Å². The van der Waals surface area contributed by atoms with Crippen molar-refractivity contribution in [2.45, 2.75) is 32.6 Å². The molecule has 0 radical (unpaired) electrons. The number of rotatable bonds is 2. The normalized spacial score (nSPS) is 15.0. The summed E-state index contributed by atoms with van der Waals surface area (Å²) in [5.74, 6) is 1.32. The molecular formula is C17H20ClN3. The molecule has 110 valence electrons. The molecule has 2 aromatic rings. The van der Waals surface area contributed by atoms with Gasteiger partial charge in [0.2, 0.25) is 0 Å². The Balaban J connectivity index is 1.92. The van der Waals surface area contributed by atoms with Crippen LogP contribution in [0, 0.1) is 0 Å². The van der Waals surface area contributed by atoms with Gasteiger partial charge in [-0.05, 0) is 29.9 Å². The van der Waals surface area contributed by atoms with Crippen molar-refractivity contribution in [3.63, 3.8) is 0 Å². The zero-order valence-electron chi connectivity index (χ0n) is 12.5. The molecule has 0 atom stereocenters. The third-order valence-electron chi connectivity index (χ3n) is 4.11. The molecular weight excluding hydrogens is 282 g/mol. The van der Waals surface area contributed by atoms with Gasteiger partial charge in [0, 0.05) is 18.7 Å². The van der Waals surface area contributed by atoms with Crippen molar-refractivity contribution >= 4 is 17.4 Å². The van der Waals surface area contributed by atoms with Gasteiger partial charge in [-0.3, -0.25) is 0 Å². The van der Waals surface area contributed by atoms with E-state index in [9.17, 15) is 0 Å². The maximum Gasteiger partial charge on any atom is 0.138 e. The lowest BCUT2D eigenvalue weighted by Gasteiger charge is -2.25. The molecule has 3 rings (SSSR count). The molecule has 21 heavy (non-hydrogen) atoms. The number of benzene rings is 1. The third kappa shape index (κ3) is 2.88. The Morgan fingerprint density at radius 1 is 1.05 bits per heavy atom. The van der Waals surface area contributed by atoms with Crippen LogP contribution < -0.4 is 4.90 Å². The topological polar surface area (TPSA) is 29.0 Å². The standard InChI is InChI=1S/C17H20ClN3/c1-12(2)15-16(18)19-11-20-17(15)21-9-7-13-5-3-4-6-14(13)8-10-21/h3-6,11-12H,7-10H2,1-2H3. The molecule has 0 aliphatic carbocycles. The molecule has 2 heterocycles. The van der Waals surface area contributed by atoms with Crippen LogP contribution in [0.3, 0.4) is 0 Å². The first-order chi connectivity index (χ1) is 10.2. The predicted octanol–water partition coefficient (Wildman–Crippen LogP) is 3.86. The van der Waals surface area contributed by atoms with Crippen LogP contribution in [0.4, 0.5) is 5.82 Å². The zero-order chi connectivity index (χ0) is 14.8. The average Bonchev–Trinajstić information content (AvgIpc) is 2.69. The van der Waals surface area contributed by atoms with E-state index in [1.54, 1.807) is 6.33 Å². The summed E-state index contributed by atoms with van der Waals surface area (Å²) in [4.78, 5) is 11.0. The minimum atomic E-state index is 0.319. The number of nitrogens with zero attached hydrogens (tertiary/aromatic N) is 3. The molecule has 0 saturated carbocycles. The van der Waals surface area contributed by atoms with Crippen LogP contribution in [-0.2, 0) is 12.8 Å². The largest absolute Gasteiger partial charge is 0.356 e. The monoisotopic (exact) mass is 301 g/mol. The van der Waals surface area contributed by atoms with Crippen molar-refractivity contribution in [1.29, 1.82) is 0 Å². The van der Waals surface area contributed by atoms with Crippen LogP contribution in [0.1, 0.15) is 36.5 Å². The van der Waals surface area contributed by atoms with Gasteiger partial charge in [0.15, 0.2) is 0 Å². The lowest BCUT2D eigenvalue weighted by molar-refractivity contribution is 0.758. The van der Waals surface area contributed by atoms with Crippen molar-refractivity contribution in [1.82, 2.24) is 9.97 Å². The summed E-state index contributed by atoms with van der Waals surface area (Å²) in [7, 11) is 0. The van der Waals surface area contributed by atoms with Gasteiger partial charge in [-0.15, -0.1) is 0 Å². The summed E-state index contributed by atoms with van der Waals surface area (Å²) in [5, 5.41) is 0.580. The van der Waals surface area contributed by atoms with Crippen molar-refractivity contribution in [3.8, 4) is 0 Å². The van der Waals surface area contributed by atoms with Crippen LogP contribution in [-0.4, -0.2) is 23.1 Å². The molecule has 0 spiro atoms. The van der Waals surface area contributed by atoms with Gasteiger partial charge in [-0.25, -0.2) is 9.97 Å². The Kier molecular flexibility index (Phi) is 4.11. The van der Waals surface area contributed by atoms with E-state index in [0.29, 0.717) is 11.1 Å². The summed E-state index contributed by atoms with van der Waals surface area (Å²) in [6.07, 6.45) is 3.67. The quantitative estimate of drug-likeness (QED) is 0.789. The number of hydrogen-bond donors (Lipinski definition) is 0. The second-order valence-electron chi connectivity index (χ2n) is 5.81. The summed E-state index contributed by atoms with van der Waals surface area (Å²) >= 11 is 6.30. The molecule has 1 aromatic carbocycles. The van der Waals surface area contributed by atoms with E-state index in [0.717, 1.165) is 37.3 Å². The minimum absolute atomic E-state index is 0.319. The molecule has 4 heteroatoms. The number of anilines is 1. The van der Waals surface area contributed by atoms with Crippen LogP contribution in [0.2, 0.25) is 5.15 Å². The van der Waals surface area contributed by atoms with Crippen LogP contribution in [0.25, 0.3) is 0 Å². The molecule has 0 unspecified atom stereocenters. The van der Waals surface area contributed by atoms with Gasteiger partial charge in [0.05, 0.1) is 0 Å². The molecule has 0 N–H and O–H groups in total. The average molecular weight is 302 g/mol. The van der Waals surface area contributed by atoms with E-state index >= 15 is 0 Å². The maximum atomic E-state index is 6.30. The highest BCUT2D eigenvalue weighted by atomic mass is 35.5. The van der Waals surface area contributed by atoms with Crippen molar-refractivity contribution in [2.75, 3.05) is 18.0 Å². The summed E-state index contributed by atoms with van der Waals surface area (Å²) < 4.78 is 0. The molecule has 3 nitrogen and oxygen atoms in total. The van der Waals surface area contributed by atoms with E-state index in [2.05, 4.69) is 53.0 Å². The number of halogens is 1. The summed E-state index contributed by atoms with van der Waals surface area (Å²) in [5.41, 5.74) is 3.96. The summed E-state index contributed by atoms with van der Waals surface area (Å²) in [6, 6.07) is 8.70. The lowest BCUT2D eigenvalue weighted by Crippen LogP contribution is -2.28. The van der Waals surface area contributed by atoms with Crippen molar-refractivity contribution in [2.24, 2.45) is 0 Å². The zero-order valence-corrected chi connectivity index (χ0v) is 13.3. The molecule has 0 saturated heterocycles. The Bertz CT molecular complexity index is 613. The van der Waals surface area contributed by atoms with Crippen LogP contribution in [0.5, 0.6) is 0 Å². The first kappa shape index (κ1) is 14.3. The first-order valence-electron chi connectivity index (χ1n) is 7.49. The van der Waals surface area contributed by atoms with E-state index in [1.807, 2.05) is 0 Å². The van der Waals surface area contributed by atoms with Crippen molar-refractivity contribution < 1.29 is 0 Å². The fourth-order valence-corrected chi connectivity index (χ4v) is 3.34. The van der Waals surface area contributed by atoms with Gasteiger partial charge in [-0.1, -0.05) is 49.7 Å². The Morgan fingerprint density at radius 3 is 2.24 bits per heavy atom. The second-order valence-corrected chi connectivity index (χ2v) is 6.17. The number of hydrogen-bond acceptors (Lipinski definition) is 3. The molecule has 0 amide bonds. The van der Waals surface area contributed by atoms with Crippen molar-refractivity contribution in [3.05, 3.63) is 52.4 Å². The smallest absolute Gasteiger partial charge is 0.138 e. The van der Waals surface area contributed by atoms with E-state index in [-0.39, 0.29) is 0 Å². The highest BCUT2D eigenvalue weighted by Crippen LogP contribution is 2.31. The Hall–Kier alpha value is -1.61. The molecule has 1 aromatic heterocycles. The second kappa shape index (κ2) is 6.02. The summed E-state index contributed by atoms with van der Waals surface area (Å²) in [6.45, 7) is 6.23. The molecule has 0 fully saturated rings. The Labute approximate surface area is 131 Å². The van der Waals surface area contributed by atoms with Crippen LogP contribution in [0.15, 0.2) is 30.6 Å². The lowest BCUT2D eigenvalue weighted by atomic mass is 10.0. The fourth-order valence-electron chi connectivity index (χ4n) is 2.99. The van der Waals surface area contributed by atoms with Gasteiger partial charge >= 0.3 is 0 Å².